The van der Waals surface area contributed by atoms with Crippen molar-refractivity contribution in [3.05, 3.63) is 151 Å². The normalized spacial score (nSPS) is 19.7. The summed E-state index contributed by atoms with van der Waals surface area (Å²) in [6.07, 6.45) is 0. The molecule has 0 aliphatic rings. The minimum Gasteiger partial charge on any atom is -0.508 e. The van der Waals surface area contributed by atoms with E-state index in [9.17, 15) is 20.2 Å². The number of furan rings is 1. The Morgan fingerprint density at radius 2 is 0.977 bits per heavy atom. The van der Waals surface area contributed by atoms with Gasteiger partial charge in [-0.25, -0.2) is 0 Å². The van der Waals surface area contributed by atoms with Crippen molar-refractivity contribution in [2.75, 3.05) is 0 Å². The third kappa shape index (κ3) is 3.75. The molecule has 1 heterocycles. The molecule has 0 bridgehead atoms. The van der Waals surface area contributed by atoms with Crippen molar-refractivity contribution < 1.29 is 43.8 Å². The van der Waals surface area contributed by atoms with Crippen LogP contribution in [-0.2, 0) is 0 Å². The minimum atomic E-state index is -1.22. The number of para-hydroxylation sites is 1. The predicted octanol–water partition coefficient (Wildman–Crippen LogP) is 11.8. The Labute approximate surface area is 289 Å². The van der Waals surface area contributed by atoms with Crippen molar-refractivity contribution in [1.29, 1.82) is 0 Å². The summed E-state index contributed by atoms with van der Waals surface area (Å²) in [7, 11) is 0. The van der Waals surface area contributed by atoms with E-state index in [-0.39, 0.29) is 5.39 Å². The molecule has 0 radical (unpaired) electrons. The van der Waals surface area contributed by atoms with Gasteiger partial charge in [-0.05, 0) is 95.9 Å². The molecule has 0 amide bonds. The maximum Gasteiger partial charge on any atom is 0.136 e. The summed E-state index contributed by atoms with van der Waals surface area (Å²) >= 11 is 0. The maximum atomic E-state index is 11.3. The predicted molar refractivity (Wildman–Crippen MR) is 184 cm³/mol. The Hall–Kier alpha value is -5.86. The average Bonchev–Trinajstić information content (AvgIpc) is 3.73. The lowest BCUT2D eigenvalue weighted by molar-refractivity contribution is 0.476. The van der Waals surface area contributed by atoms with Crippen LogP contribution in [0.2, 0.25) is 0 Å². The van der Waals surface area contributed by atoms with Gasteiger partial charge in [-0.1, -0.05) is 121 Å². The molecule has 1 aromatic heterocycles. The highest BCUT2D eigenvalue weighted by atomic mass is 16.3. The summed E-state index contributed by atoms with van der Waals surface area (Å²) in [6.45, 7) is 0. The highest BCUT2D eigenvalue weighted by Gasteiger charge is 2.18. The van der Waals surface area contributed by atoms with E-state index in [1.807, 2.05) is 0 Å². The molecule has 0 atom stereocenters. The second-order valence-electron chi connectivity index (χ2n) is 9.48. The molecule has 0 aliphatic carbocycles. The van der Waals surface area contributed by atoms with Gasteiger partial charge in [0, 0.05) is 10.8 Å². The van der Waals surface area contributed by atoms with Crippen molar-refractivity contribution >= 4 is 54.3 Å². The maximum absolute atomic E-state index is 11.3. The fraction of sp³-hybridized carbons (Fsp3) is 0. The Bertz CT molecular complexity index is 3850. The van der Waals surface area contributed by atoms with Gasteiger partial charge in [0.1, 0.15) is 16.9 Å². The van der Waals surface area contributed by atoms with E-state index in [1.165, 1.54) is 0 Å². The lowest BCUT2D eigenvalue weighted by Crippen LogP contribution is -1.91. The number of phenols is 1. The van der Waals surface area contributed by atoms with Gasteiger partial charge in [0.25, 0.3) is 0 Å². The second kappa shape index (κ2) is 9.58. The van der Waals surface area contributed by atoms with E-state index in [4.69, 9.17) is 23.6 Å². The Balaban J connectivity index is 1.55. The molecular formula is C42H26O2. The topological polar surface area (TPSA) is 33.4 Å². The summed E-state index contributed by atoms with van der Waals surface area (Å²) < 4.78 is 228. The van der Waals surface area contributed by atoms with E-state index < -0.39 is 239 Å². The first-order valence-electron chi connectivity index (χ1n) is 25.4. The number of phenolic OH excluding ortho intramolecular Hbond substituents is 1. The largest absolute Gasteiger partial charge is 0.508 e. The highest BCUT2D eigenvalue weighted by Crippen LogP contribution is 2.46. The molecule has 2 nitrogen and oxygen atoms in total. The quantitative estimate of drug-likeness (QED) is 0.209. The number of benzene rings is 8. The zero-order valence-electron chi connectivity index (χ0n) is 46.9. The molecule has 8 aromatic carbocycles. The lowest BCUT2D eigenvalue weighted by Gasteiger charge is -2.18. The molecule has 0 unspecified atom stereocenters. The molecule has 1 N–H and O–H groups in total. The van der Waals surface area contributed by atoms with Crippen LogP contribution < -0.4 is 0 Å². The first-order chi connectivity index (χ1) is 32.2. The van der Waals surface area contributed by atoms with Gasteiger partial charge in [-0.2, -0.15) is 0 Å². The Kier molecular flexibility index (Phi) is 2.26. The van der Waals surface area contributed by atoms with Crippen molar-refractivity contribution in [2.45, 2.75) is 0 Å². The smallest absolute Gasteiger partial charge is 0.136 e. The monoisotopic (exact) mass is 587 g/mol. The lowest BCUT2D eigenvalue weighted by atomic mass is 9.85. The highest BCUT2D eigenvalue weighted by molar-refractivity contribution is 6.22. The van der Waals surface area contributed by atoms with Crippen LogP contribution in [0.4, 0.5) is 0 Å². The van der Waals surface area contributed by atoms with Crippen molar-refractivity contribution in [3.8, 4) is 39.1 Å². The van der Waals surface area contributed by atoms with Crippen LogP contribution in [-0.4, -0.2) is 5.11 Å². The molecular weight excluding hydrogens is 536 g/mol. The molecule has 0 spiro atoms. The second-order valence-corrected chi connectivity index (χ2v) is 9.48. The molecule has 0 aliphatic heterocycles. The van der Waals surface area contributed by atoms with Gasteiger partial charge >= 0.3 is 0 Å². The van der Waals surface area contributed by atoms with Gasteiger partial charge in [0.05, 0.1) is 34.3 Å². The fourth-order valence-electron chi connectivity index (χ4n) is 5.19. The third-order valence-corrected chi connectivity index (χ3v) is 7.06. The zero-order chi connectivity index (χ0) is 51.0. The van der Waals surface area contributed by atoms with Crippen LogP contribution in [0, 0.1) is 0 Å². The van der Waals surface area contributed by atoms with Crippen LogP contribution in [0.3, 0.4) is 0 Å². The summed E-state index contributed by atoms with van der Waals surface area (Å²) in [5, 5.41) is 6.33. The minimum absolute atomic E-state index is 0.373. The van der Waals surface area contributed by atoms with Crippen LogP contribution in [0.25, 0.3) is 87.6 Å². The summed E-state index contributed by atoms with van der Waals surface area (Å²) in [4.78, 5) is 0. The van der Waals surface area contributed by atoms with Crippen molar-refractivity contribution in [1.82, 2.24) is 0 Å². The Morgan fingerprint density at radius 1 is 0.409 bits per heavy atom. The van der Waals surface area contributed by atoms with E-state index >= 15 is 0 Å². The van der Waals surface area contributed by atoms with E-state index in [2.05, 4.69) is 0 Å². The van der Waals surface area contributed by atoms with Gasteiger partial charge in [0.15, 0.2) is 0 Å². The molecule has 2 heteroatoms. The molecule has 206 valence electrons. The van der Waals surface area contributed by atoms with Crippen LogP contribution in [0.15, 0.2) is 155 Å². The van der Waals surface area contributed by atoms with Gasteiger partial charge in [-0.3, -0.25) is 0 Å². The summed E-state index contributed by atoms with van der Waals surface area (Å²) in [5.74, 6) is -1.22. The molecule has 0 saturated carbocycles. The number of aromatic hydroxyl groups is 1. The molecule has 9 rings (SSSR count). The average molecular weight is 588 g/mol. The van der Waals surface area contributed by atoms with Gasteiger partial charge < -0.3 is 9.52 Å². The molecule has 0 fully saturated rings. The molecule has 9 aromatic rings. The number of hydrogen-bond donors (Lipinski definition) is 1. The SMILES string of the molecule is [2H]c1c([2H])c(-c2c3c([2H])c([2H])c([2H])c([2H])c3c(-c3c([2H])c([2H])c4c(oc5c([2H])c([2H])c([2H])c([2H])c54)c3[2H])c3c([2H])c([2H])c(O)c([2H])c23)c([2H])c([2H])c1-c1c([2H])c([2H])c([2H])c2c([2H])c([2H])c([2H])c([2H])c12. The van der Waals surface area contributed by atoms with E-state index in [0.29, 0.717) is 0 Å². The van der Waals surface area contributed by atoms with Crippen molar-refractivity contribution in [3.63, 3.8) is 0 Å². The van der Waals surface area contributed by atoms with E-state index in [0.717, 1.165) is 0 Å². The number of hydrogen-bond acceptors (Lipinski definition) is 2. The first kappa shape index (κ1) is 10.4. The third-order valence-electron chi connectivity index (χ3n) is 7.06. The van der Waals surface area contributed by atoms with Gasteiger partial charge in [0.2, 0.25) is 0 Å². The standard InChI is InChI=1S/C42H26O2/c43-30-21-23-37-38(25-30)41(28-18-16-27(17-19-28)32-14-7-9-26-8-1-2-10-31(26)32)35-12-3-4-13-36(35)42(37)29-20-22-34-33-11-5-6-15-39(33)44-40(34)24-29/h1-25,43H/i1D,2D,3D,4D,5D,6D,7D,8D,9D,10D,11D,12D,13D,14D,15D,16D,17D,18D,19D,20D,21D,22D,23D,24D,25D. The zero-order valence-corrected chi connectivity index (χ0v) is 21.9. The van der Waals surface area contributed by atoms with E-state index in [1.54, 1.807) is 0 Å². The van der Waals surface area contributed by atoms with Crippen LogP contribution in [0.5, 0.6) is 5.75 Å². The number of fused-ring (bicyclic) bond motifs is 6. The summed E-state index contributed by atoms with van der Waals surface area (Å²) in [5.41, 5.74) is -5.72. The Morgan fingerprint density at radius 3 is 1.80 bits per heavy atom. The molecule has 0 saturated heterocycles. The summed E-state index contributed by atoms with van der Waals surface area (Å²) in [6, 6.07) is -22.9. The van der Waals surface area contributed by atoms with Gasteiger partial charge in [-0.15, -0.1) is 0 Å². The number of rotatable bonds is 3. The molecule has 44 heavy (non-hydrogen) atoms. The van der Waals surface area contributed by atoms with Crippen LogP contribution >= 0.6 is 0 Å². The van der Waals surface area contributed by atoms with Crippen molar-refractivity contribution in [2.24, 2.45) is 0 Å². The fourth-order valence-corrected chi connectivity index (χ4v) is 5.19. The van der Waals surface area contributed by atoms with Crippen LogP contribution in [0.1, 0.15) is 34.3 Å². The first-order valence-corrected chi connectivity index (χ1v) is 12.9.